The highest BCUT2D eigenvalue weighted by molar-refractivity contribution is 5.92. The third-order valence-corrected chi connectivity index (χ3v) is 17.7. The molecule has 2 unspecified atom stereocenters. The molecule has 4 aromatic heterocycles. The summed E-state index contributed by atoms with van der Waals surface area (Å²) < 4.78 is 65.7. The van der Waals surface area contributed by atoms with Gasteiger partial charge in [-0.05, 0) is 121 Å². The summed E-state index contributed by atoms with van der Waals surface area (Å²) in [5.74, 6) is -4.31. The summed E-state index contributed by atoms with van der Waals surface area (Å²) >= 11 is 0. The molecule has 10 aromatic rings. The van der Waals surface area contributed by atoms with Crippen molar-refractivity contribution in [1.82, 2.24) is 58.4 Å². The van der Waals surface area contributed by atoms with E-state index in [1.165, 1.54) is 48.7 Å². The van der Waals surface area contributed by atoms with Gasteiger partial charge in [0.1, 0.15) is 65.1 Å². The van der Waals surface area contributed by atoms with E-state index in [-0.39, 0.29) is 107 Å². The van der Waals surface area contributed by atoms with Crippen molar-refractivity contribution in [3.05, 3.63) is 160 Å². The number of primary amides is 1. The number of phenols is 6. The van der Waals surface area contributed by atoms with Crippen LogP contribution in [0.1, 0.15) is 83.6 Å². The topological polar surface area (TPSA) is 305 Å². The number of likely N-dealkylation sites (N-methyl/N-ethyl adjacent to an activating group) is 1. The Bertz CT molecular complexity index is 4650. The molecule has 0 radical (unpaired) electrons. The molecule has 2 fully saturated rings. The van der Waals surface area contributed by atoms with Crippen molar-refractivity contribution < 1.29 is 67.5 Å². The van der Waals surface area contributed by atoms with Crippen LogP contribution in [0.15, 0.2) is 126 Å². The number of aryl methyl sites for hydroxylation is 1. The summed E-state index contributed by atoms with van der Waals surface area (Å²) in [6.45, 7) is 8.14. The molecule has 29 heteroatoms. The van der Waals surface area contributed by atoms with Crippen molar-refractivity contribution in [2.45, 2.75) is 71.3 Å². The Kier molecular flexibility index (Phi) is 17.6. The van der Waals surface area contributed by atoms with Gasteiger partial charge in [-0.2, -0.15) is 22.8 Å². The van der Waals surface area contributed by atoms with E-state index >= 15 is 4.39 Å². The molecule has 0 saturated carbocycles. The van der Waals surface area contributed by atoms with Crippen LogP contribution in [0.25, 0.3) is 62.1 Å². The van der Waals surface area contributed by atoms with Crippen molar-refractivity contribution in [2.75, 3.05) is 64.3 Å². The molecule has 2 aliphatic heterocycles. The van der Waals surface area contributed by atoms with Crippen LogP contribution in [0.2, 0.25) is 0 Å². The van der Waals surface area contributed by atoms with Crippen LogP contribution in [0, 0.1) is 0 Å². The van der Waals surface area contributed by atoms with Crippen molar-refractivity contribution in [2.24, 2.45) is 12.8 Å². The van der Waals surface area contributed by atoms with Crippen LogP contribution >= 0.6 is 0 Å². The van der Waals surface area contributed by atoms with Gasteiger partial charge in [-0.15, -0.1) is 24.1 Å². The predicted octanol–water partition coefficient (Wildman–Crippen LogP) is 6.94. The van der Waals surface area contributed by atoms with Crippen LogP contribution in [0.5, 0.6) is 34.5 Å². The zero-order chi connectivity index (χ0) is 68.3. The number of alkyl halides is 4. The van der Waals surface area contributed by atoms with Crippen LogP contribution in [0.4, 0.5) is 23.2 Å². The van der Waals surface area contributed by atoms with Crippen LogP contribution in [-0.4, -0.2) is 167 Å². The number of anilines is 1. The Morgan fingerprint density at radius 3 is 2.01 bits per heavy atom. The van der Waals surface area contributed by atoms with E-state index in [1.807, 2.05) is 80.4 Å². The van der Waals surface area contributed by atoms with Crippen molar-refractivity contribution in [3.63, 3.8) is 0 Å². The van der Waals surface area contributed by atoms with Gasteiger partial charge in [-0.1, -0.05) is 39.8 Å². The van der Waals surface area contributed by atoms with Gasteiger partial charge in [0, 0.05) is 99.5 Å². The summed E-state index contributed by atoms with van der Waals surface area (Å²) in [7, 11) is 3.87. The molecule has 6 heterocycles. The second-order valence-electron chi connectivity index (χ2n) is 24.9. The summed E-state index contributed by atoms with van der Waals surface area (Å²) in [6, 6.07) is 30.9. The Labute approximate surface area is 546 Å². The highest BCUT2D eigenvalue weighted by Gasteiger charge is 2.39. The number of phenolic OH excluding ortho intramolecular Hbond substituents is 6. The number of amides is 2. The fourth-order valence-electron chi connectivity index (χ4n) is 12.7. The maximum Gasteiger partial charge on any atom is 0.453 e. The molecule has 25 nitrogen and oxygen atoms in total. The average Bonchev–Trinajstić information content (AvgIpc) is 1.59. The third-order valence-electron chi connectivity index (χ3n) is 17.7. The molecule has 500 valence electrons. The summed E-state index contributed by atoms with van der Waals surface area (Å²) in [4.78, 5) is 49.3. The fourth-order valence-corrected chi connectivity index (χ4v) is 12.7. The van der Waals surface area contributed by atoms with E-state index in [2.05, 4.69) is 25.1 Å². The number of carbonyl (C=O) groups is 2. The number of nitrogens with one attached hydrogen (secondary N) is 2. The van der Waals surface area contributed by atoms with E-state index in [4.69, 9.17) is 10.8 Å². The van der Waals surface area contributed by atoms with Crippen LogP contribution in [-0.2, 0) is 20.1 Å². The number of aromatic amines is 1. The van der Waals surface area contributed by atoms with Crippen LogP contribution in [0.3, 0.4) is 0 Å². The normalized spacial score (nSPS) is 16.0. The van der Waals surface area contributed by atoms with E-state index in [0.29, 0.717) is 72.3 Å². The molecule has 0 aliphatic carbocycles. The first-order valence-electron chi connectivity index (χ1n) is 31.1. The first kappa shape index (κ1) is 65.3. The quantitative estimate of drug-likeness (QED) is 0.0245. The standard InChI is InChI=1S/C67H70F4N16O9/c1-37(2)48-29-50(55(92)31-53(48)90)61-74-75-63(64(95)73-36-67(69,70)71)84(61)43-13-11-42(12-14-43)82-22-21-81(57(68)34-82)23-24-83-65(51-30-49(38(3)4)54(91)32-56(51)93)85(62(76-83)59(72)94)44-9-7-39(8-10-44)33-80-20-19-79(6)58(35-80)87-66(96)86(45-15-16-52-40(25-45)17-18-78(52)5)60(77-87)41-26-46(88)28-47(89)27-41/h7-18,25-32,37-38,57-58H,19-24,33-36H2,1-6H3,(H8,72,73,74,88,89,90,91,92,93,94,95)/p+2. The molecule has 0 bridgehead atoms. The van der Waals surface area contributed by atoms with Crippen LogP contribution < -0.4 is 31.3 Å². The van der Waals surface area contributed by atoms with E-state index in [9.17, 15) is 58.2 Å². The number of benzene rings is 6. The lowest BCUT2D eigenvalue weighted by Crippen LogP contribution is -2.53. The second-order valence-corrected chi connectivity index (χ2v) is 24.9. The minimum Gasteiger partial charge on any atom is -0.508 e. The maximum atomic E-state index is 16.7. The molecule has 2 amide bonds. The number of rotatable bonds is 18. The van der Waals surface area contributed by atoms with Gasteiger partial charge in [0.25, 0.3) is 11.7 Å². The molecule has 2 atom stereocenters. The molecule has 10 N–H and O–H groups in total. The minimum atomic E-state index is -4.74. The molecular weight excluding hydrogens is 1250 g/mol. The number of nitrogens with zero attached hydrogens (tertiary/aromatic N) is 13. The summed E-state index contributed by atoms with van der Waals surface area (Å²) in [5.41, 5.74) is 10.9. The molecular formula is C67H72F4N16O9+2. The molecule has 96 heavy (non-hydrogen) atoms. The maximum absolute atomic E-state index is 16.7. The molecule has 6 aromatic carbocycles. The number of aromatic hydroxyl groups is 6. The largest absolute Gasteiger partial charge is 0.508 e. The van der Waals surface area contributed by atoms with E-state index in [0.717, 1.165) is 22.5 Å². The van der Waals surface area contributed by atoms with E-state index in [1.54, 1.807) is 70.8 Å². The molecule has 12 rings (SSSR count). The van der Waals surface area contributed by atoms with Crippen molar-refractivity contribution in [1.29, 1.82) is 0 Å². The second kappa shape index (κ2) is 25.8. The number of halogens is 4. The smallest absolute Gasteiger partial charge is 0.453 e. The van der Waals surface area contributed by atoms with Gasteiger partial charge >= 0.3 is 29.4 Å². The summed E-state index contributed by atoms with van der Waals surface area (Å²) in [6.07, 6.45) is -4.87. The lowest BCUT2D eigenvalue weighted by Gasteiger charge is -2.38. The number of piperazine rings is 2. The average molecular weight is 1320 g/mol. The molecule has 2 aliphatic rings. The Hall–Kier alpha value is -10.8. The number of H-pyrrole nitrogens is 1. The lowest BCUT2D eigenvalue weighted by molar-refractivity contribution is -0.587. The highest BCUT2D eigenvalue weighted by Crippen LogP contribution is 2.41. The zero-order valence-corrected chi connectivity index (χ0v) is 53.2. The first-order valence-corrected chi connectivity index (χ1v) is 31.1. The number of fused-ring (bicyclic) bond motifs is 1. The third kappa shape index (κ3) is 12.9. The number of carbonyl (C=O) groups excluding carboxylic acids is 2. The van der Waals surface area contributed by atoms with Gasteiger partial charge < -0.3 is 51.2 Å². The summed E-state index contributed by atoms with van der Waals surface area (Å²) in [5, 5.41) is 84.2. The Morgan fingerprint density at radius 2 is 1.36 bits per heavy atom. The predicted molar refractivity (Wildman–Crippen MR) is 345 cm³/mol. The number of hydrogen-bond donors (Lipinski definition) is 8. The Balaban J connectivity index is 0.794. The number of aromatic nitrogens is 10. The van der Waals surface area contributed by atoms with Crippen molar-refractivity contribution in [3.8, 4) is 85.7 Å². The van der Waals surface area contributed by atoms with Gasteiger partial charge in [-0.25, -0.2) is 9.18 Å². The van der Waals surface area contributed by atoms with Crippen molar-refractivity contribution >= 4 is 28.4 Å². The highest BCUT2D eigenvalue weighted by atomic mass is 19.4. The molecule has 0 spiro atoms. The molecule has 2 saturated heterocycles. The number of nitrogens with two attached hydrogens (primary N) is 1. The SMILES string of the molecule is CC(C)c1cc(-c2nnc(C(=O)NCC(F)(F)F)n2-c2ccc(N3CCN(CCn4nc(C(N)=O)[n+](-c5ccc(CN6CCN(C)C(n7[nH+]c(-c8cc(O)cc(O)c8)n(-c8ccc9c(ccn9C)c8)c7=O)C6)cc5)c4-c4cc(C(C)C)c(O)cc4O)C(F)C3)cc2)c(O)cc1O. The fraction of sp³-hybridized carbons (Fsp3) is 0.313. The van der Waals surface area contributed by atoms with E-state index < -0.39 is 48.6 Å². The van der Waals surface area contributed by atoms with Gasteiger partial charge in [0.05, 0.1) is 28.3 Å². The minimum absolute atomic E-state index is 0.0168. The van der Waals surface area contributed by atoms with Gasteiger partial charge in [0.15, 0.2) is 12.1 Å². The Morgan fingerprint density at radius 1 is 0.719 bits per heavy atom. The first-order chi connectivity index (χ1) is 45.7. The van der Waals surface area contributed by atoms with Gasteiger partial charge in [-0.3, -0.25) is 28.9 Å². The van der Waals surface area contributed by atoms with Gasteiger partial charge in [0.2, 0.25) is 5.82 Å². The monoisotopic (exact) mass is 1320 g/mol. The lowest BCUT2D eigenvalue weighted by atomic mass is 9.98. The zero-order valence-electron chi connectivity index (χ0n) is 53.2. The number of hydrogen-bond acceptors (Lipinski definition) is 16.